The Morgan fingerprint density at radius 2 is 1.82 bits per heavy atom. The molecular weight excluding hydrogens is 309 g/mol. The first kappa shape index (κ1) is 12.5. The molecule has 0 aliphatic heterocycles. The molecule has 0 amide bonds. The normalized spacial score (nSPS) is 10.6. The predicted octanol–water partition coefficient (Wildman–Crippen LogP) is 5.36. The molecule has 0 aliphatic rings. The van der Waals surface area contributed by atoms with E-state index in [-0.39, 0.29) is 10.3 Å². The van der Waals surface area contributed by atoms with E-state index in [1.54, 1.807) is 13.0 Å². The van der Waals surface area contributed by atoms with Crippen molar-refractivity contribution in [2.24, 2.45) is 0 Å². The molecular formula is C13H8BrClF2. The van der Waals surface area contributed by atoms with Crippen LogP contribution in [0.2, 0.25) is 5.02 Å². The molecule has 0 atom stereocenters. The Balaban J connectivity index is 2.73. The van der Waals surface area contributed by atoms with E-state index >= 15 is 0 Å². The van der Waals surface area contributed by atoms with Crippen LogP contribution in [0.4, 0.5) is 8.78 Å². The maximum atomic E-state index is 13.8. The highest BCUT2D eigenvalue weighted by Crippen LogP contribution is 2.35. The summed E-state index contributed by atoms with van der Waals surface area (Å²) >= 11 is 9.07. The number of benzene rings is 2. The number of rotatable bonds is 1. The van der Waals surface area contributed by atoms with Gasteiger partial charge in [0.05, 0.1) is 9.50 Å². The van der Waals surface area contributed by atoms with Crippen LogP contribution in [0.25, 0.3) is 11.1 Å². The molecule has 0 N–H and O–H groups in total. The quantitative estimate of drug-likeness (QED) is 0.664. The Labute approximate surface area is 111 Å². The van der Waals surface area contributed by atoms with Crippen molar-refractivity contribution in [1.82, 2.24) is 0 Å². The smallest absolute Gasteiger partial charge is 0.137 e. The van der Waals surface area contributed by atoms with Crippen molar-refractivity contribution in [2.45, 2.75) is 6.92 Å². The Bertz CT molecular complexity index is 562. The standard InChI is InChI=1S/C13H8BrClF2/c1-7-5-12(17)9(14)6-8(7)13-10(15)3-2-4-11(13)16/h2-6H,1H3. The van der Waals surface area contributed by atoms with Crippen LogP contribution in [0.1, 0.15) is 5.56 Å². The van der Waals surface area contributed by atoms with Gasteiger partial charge in [-0.3, -0.25) is 0 Å². The average Bonchev–Trinajstić information content (AvgIpc) is 2.25. The van der Waals surface area contributed by atoms with Crippen molar-refractivity contribution in [3.05, 3.63) is 57.0 Å². The Hall–Kier alpha value is -0.930. The average molecular weight is 318 g/mol. The monoisotopic (exact) mass is 316 g/mol. The summed E-state index contributed by atoms with van der Waals surface area (Å²) in [6, 6.07) is 7.36. The fourth-order valence-electron chi connectivity index (χ4n) is 1.67. The van der Waals surface area contributed by atoms with E-state index in [1.165, 1.54) is 24.3 Å². The zero-order valence-electron chi connectivity index (χ0n) is 8.90. The molecule has 0 spiro atoms. The van der Waals surface area contributed by atoms with Gasteiger partial charge in [0.15, 0.2) is 0 Å². The van der Waals surface area contributed by atoms with Crippen LogP contribution in [-0.2, 0) is 0 Å². The van der Waals surface area contributed by atoms with E-state index in [1.807, 2.05) is 0 Å². The summed E-state index contributed by atoms with van der Waals surface area (Å²) in [6.45, 7) is 1.72. The molecule has 2 rings (SSSR count). The predicted molar refractivity (Wildman–Crippen MR) is 69.2 cm³/mol. The third kappa shape index (κ3) is 2.35. The Morgan fingerprint density at radius 1 is 1.12 bits per heavy atom. The van der Waals surface area contributed by atoms with Gasteiger partial charge in [-0.05, 0) is 58.2 Å². The molecule has 0 nitrogen and oxygen atoms in total. The van der Waals surface area contributed by atoms with Gasteiger partial charge >= 0.3 is 0 Å². The lowest BCUT2D eigenvalue weighted by Crippen LogP contribution is -1.91. The van der Waals surface area contributed by atoms with Crippen LogP contribution in [-0.4, -0.2) is 0 Å². The van der Waals surface area contributed by atoms with E-state index in [9.17, 15) is 8.78 Å². The maximum Gasteiger partial charge on any atom is 0.137 e. The van der Waals surface area contributed by atoms with E-state index in [0.29, 0.717) is 21.7 Å². The third-order valence-corrected chi connectivity index (χ3v) is 3.42. The van der Waals surface area contributed by atoms with Gasteiger partial charge in [-0.2, -0.15) is 0 Å². The largest absolute Gasteiger partial charge is 0.206 e. The van der Waals surface area contributed by atoms with Crippen molar-refractivity contribution in [3.63, 3.8) is 0 Å². The second-order valence-corrected chi connectivity index (χ2v) is 4.94. The molecule has 2 aromatic carbocycles. The zero-order chi connectivity index (χ0) is 12.6. The van der Waals surface area contributed by atoms with Crippen LogP contribution in [0.3, 0.4) is 0 Å². The number of halogens is 4. The highest BCUT2D eigenvalue weighted by Gasteiger charge is 2.14. The molecule has 4 heteroatoms. The third-order valence-electron chi connectivity index (χ3n) is 2.50. The molecule has 0 bridgehead atoms. The molecule has 0 aliphatic carbocycles. The highest BCUT2D eigenvalue weighted by molar-refractivity contribution is 9.10. The molecule has 0 saturated carbocycles. The minimum absolute atomic E-state index is 0.289. The highest BCUT2D eigenvalue weighted by atomic mass is 79.9. The van der Waals surface area contributed by atoms with Crippen molar-refractivity contribution >= 4 is 27.5 Å². The van der Waals surface area contributed by atoms with Gasteiger partial charge in [-0.1, -0.05) is 17.7 Å². The van der Waals surface area contributed by atoms with Crippen LogP contribution >= 0.6 is 27.5 Å². The summed E-state index contributed by atoms with van der Waals surface area (Å²) in [5, 5.41) is 0.312. The minimum atomic E-state index is -0.417. The lowest BCUT2D eigenvalue weighted by atomic mass is 10.00. The summed E-state index contributed by atoms with van der Waals surface area (Å²) in [7, 11) is 0. The van der Waals surface area contributed by atoms with Crippen LogP contribution in [0, 0.1) is 18.6 Å². The number of hydrogen-bond donors (Lipinski definition) is 0. The Kier molecular flexibility index (Phi) is 3.50. The molecule has 0 unspecified atom stereocenters. The summed E-state index contributed by atoms with van der Waals surface area (Å²) in [6.07, 6.45) is 0. The van der Waals surface area contributed by atoms with Crippen molar-refractivity contribution in [1.29, 1.82) is 0 Å². The molecule has 88 valence electrons. The Morgan fingerprint density at radius 3 is 2.47 bits per heavy atom. The van der Waals surface area contributed by atoms with Gasteiger partial charge in [-0.15, -0.1) is 0 Å². The molecule has 2 aromatic rings. The summed E-state index contributed by atoms with van der Waals surface area (Å²) < 4.78 is 27.3. The molecule has 0 heterocycles. The van der Waals surface area contributed by atoms with E-state index in [2.05, 4.69) is 15.9 Å². The summed E-state index contributed by atoms with van der Waals surface area (Å²) in [4.78, 5) is 0. The number of hydrogen-bond acceptors (Lipinski definition) is 0. The topological polar surface area (TPSA) is 0 Å². The van der Waals surface area contributed by atoms with Gasteiger partial charge in [0, 0.05) is 5.56 Å². The van der Waals surface area contributed by atoms with Crippen LogP contribution < -0.4 is 0 Å². The van der Waals surface area contributed by atoms with Crippen molar-refractivity contribution < 1.29 is 8.78 Å². The summed E-state index contributed by atoms with van der Waals surface area (Å²) in [5.41, 5.74) is 1.52. The fourth-order valence-corrected chi connectivity index (χ4v) is 2.28. The lowest BCUT2D eigenvalue weighted by Gasteiger charge is -2.10. The number of aryl methyl sites for hydroxylation is 1. The van der Waals surface area contributed by atoms with Gasteiger partial charge in [0.1, 0.15) is 11.6 Å². The first-order valence-corrected chi connectivity index (χ1v) is 6.08. The van der Waals surface area contributed by atoms with E-state index < -0.39 is 5.82 Å². The summed E-state index contributed by atoms with van der Waals surface area (Å²) in [5.74, 6) is -0.794. The van der Waals surface area contributed by atoms with Gasteiger partial charge in [0.2, 0.25) is 0 Å². The molecule has 0 aromatic heterocycles. The first-order chi connectivity index (χ1) is 8.00. The first-order valence-electron chi connectivity index (χ1n) is 4.90. The second-order valence-electron chi connectivity index (χ2n) is 3.68. The van der Waals surface area contributed by atoms with Crippen molar-refractivity contribution in [2.75, 3.05) is 0 Å². The van der Waals surface area contributed by atoms with Gasteiger partial charge in [-0.25, -0.2) is 8.78 Å². The van der Waals surface area contributed by atoms with Crippen LogP contribution in [0.15, 0.2) is 34.8 Å². The van der Waals surface area contributed by atoms with Crippen molar-refractivity contribution in [3.8, 4) is 11.1 Å². The molecule has 17 heavy (non-hydrogen) atoms. The van der Waals surface area contributed by atoms with E-state index in [4.69, 9.17) is 11.6 Å². The van der Waals surface area contributed by atoms with Gasteiger partial charge < -0.3 is 0 Å². The fraction of sp³-hybridized carbons (Fsp3) is 0.0769. The lowest BCUT2D eigenvalue weighted by molar-refractivity contribution is 0.619. The van der Waals surface area contributed by atoms with Crippen LogP contribution in [0.5, 0.6) is 0 Å². The SMILES string of the molecule is Cc1cc(F)c(Br)cc1-c1c(F)cccc1Cl. The van der Waals surface area contributed by atoms with Gasteiger partial charge in [0.25, 0.3) is 0 Å². The molecule has 0 saturated heterocycles. The molecule has 0 fully saturated rings. The zero-order valence-corrected chi connectivity index (χ0v) is 11.2. The maximum absolute atomic E-state index is 13.8. The minimum Gasteiger partial charge on any atom is -0.206 e. The second kappa shape index (κ2) is 4.75. The van der Waals surface area contributed by atoms with E-state index in [0.717, 1.165) is 0 Å². The molecule has 0 radical (unpaired) electrons.